The Balaban J connectivity index is 1.83. The Kier molecular flexibility index (Phi) is 4.34. The standard InChI is InChI=1S/C12H18N2OS/c1-15-12-4-2-3-11(14-12)13-9-10-5-7-16-8-6-10/h2-4,10H,5-9H2,1H3,(H,13,14). The van der Waals surface area contributed by atoms with Gasteiger partial charge in [0.25, 0.3) is 0 Å². The van der Waals surface area contributed by atoms with E-state index < -0.39 is 0 Å². The molecule has 4 heteroatoms. The predicted molar refractivity (Wildman–Crippen MR) is 69.3 cm³/mol. The molecule has 0 aliphatic carbocycles. The molecule has 0 unspecified atom stereocenters. The van der Waals surface area contributed by atoms with Gasteiger partial charge in [-0.25, -0.2) is 0 Å². The van der Waals surface area contributed by atoms with Gasteiger partial charge in [0, 0.05) is 12.6 Å². The summed E-state index contributed by atoms with van der Waals surface area (Å²) in [5.74, 6) is 4.99. The van der Waals surface area contributed by atoms with E-state index >= 15 is 0 Å². The van der Waals surface area contributed by atoms with Crippen LogP contribution in [0.25, 0.3) is 0 Å². The number of methoxy groups -OCH3 is 1. The van der Waals surface area contributed by atoms with Crippen molar-refractivity contribution >= 4 is 17.6 Å². The zero-order valence-corrected chi connectivity index (χ0v) is 10.4. The fourth-order valence-corrected chi connectivity index (χ4v) is 3.03. The summed E-state index contributed by atoms with van der Waals surface area (Å²) in [6.45, 7) is 1.03. The first-order valence-electron chi connectivity index (χ1n) is 5.71. The van der Waals surface area contributed by atoms with E-state index in [1.807, 2.05) is 18.2 Å². The van der Waals surface area contributed by atoms with Gasteiger partial charge in [-0.2, -0.15) is 16.7 Å². The first-order chi connectivity index (χ1) is 7.88. The van der Waals surface area contributed by atoms with Crippen molar-refractivity contribution < 1.29 is 4.74 Å². The molecule has 1 fully saturated rings. The zero-order valence-electron chi connectivity index (χ0n) is 9.61. The maximum Gasteiger partial charge on any atom is 0.214 e. The van der Waals surface area contributed by atoms with Crippen molar-refractivity contribution in [3.63, 3.8) is 0 Å². The predicted octanol–water partition coefficient (Wildman–Crippen LogP) is 2.65. The van der Waals surface area contributed by atoms with Gasteiger partial charge in [-0.1, -0.05) is 6.07 Å². The SMILES string of the molecule is COc1cccc(NCC2CCSCC2)n1. The van der Waals surface area contributed by atoms with Gasteiger partial charge in [-0.3, -0.25) is 0 Å². The molecule has 1 saturated heterocycles. The number of nitrogens with zero attached hydrogens (tertiary/aromatic N) is 1. The molecular formula is C12H18N2OS. The number of anilines is 1. The molecular weight excluding hydrogens is 220 g/mol. The van der Waals surface area contributed by atoms with Gasteiger partial charge in [-0.15, -0.1) is 0 Å². The van der Waals surface area contributed by atoms with Crippen LogP contribution in [0.3, 0.4) is 0 Å². The molecule has 0 bridgehead atoms. The van der Waals surface area contributed by atoms with Crippen LogP contribution in [0.2, 0.25) is 0 Å². The molecule has 1 aliphatic rings. The maximum atomic E-state index is 5.09. The summed E-state index contributed by atoms with van der Waals surface area (Å²) in [4.78, 5) is 4.34. The summed E-state index contributed by atoms with van der Waals surface area (Å²) in [6, 6.07) is 5.81. The molecule has 2 heterocycles. The molecule has 0 spiro atoms. The number of rotatable bonds is 4. The lowest BCUT2D eigenvalue weighted by Crippen LogP contribution is -2.19. The highest BCUT2D eigenvalue weighted by atomic mass is 32.2. The molecule has 88 valence electrons. The van der Waals surface area contributed by atoms with E-state index in [1.54, 1.807) is 7.11 Å². The molecule has 1 aliphatic heterocycles. The second-order valence-electron chi connectivity index (χ2n) is 4.00. The van der Waals surface area contributed by atoms with Crippen LogP contribution in [-0.2, 0) is 0 Å². The molecule has 0 radical (unpaired) electrons. The fourth-order valence-electron chi connectivity index (χ4n) is 1.83. The van der Waals surface area contributed by atoms with Crippen molar-refractivity contribution in [3.8, 4) is 5.88 Å². The number of thioether (sulfide) groups is 1. The van der Waals surface area contributed by atoms with Crippen molar-refractivity contribution in [1.82, 2.24) is 4.98 Å². The Morgan fingerprint density at radius 3 is 3.00 bits per heavy atom. The van der Waals surface area contributed by atoms with Crippen LogP contribution < -0.4 is 10.1 Å². The summed E-state index contributed by atoms with van der Waals surface area (Å²) < 4.78 is 5.09. The minimum atomic E-state index is 0.671. The third-order valence-corrected chi connectivity index (χ3v) is 3.89. The third kappa shape index (κ3) is 3.30. The highest BCUT2D eigenvalue weighted by Crippen LogP contribution is 2.23. The summed E-state index contributed by atoms with van der Waals surface area (Å²) >= 11 is 2.06. The molecule has 16 heavy (non-hydrogen) atoms. The minimum absolute atomic E-state index is 0.671. The number of nitrogens with one attached hydrogen (secondary N) is 1. The van der Waals surface area contributed by atoms with Crippen molar-refractivity contribution in [1.29, 1.82) is 0 Å². The summed E-state index contributed by atoms with van der Waals surface area (Å²) in [5.41, 5.74) is 0. The quantitative estimate of drug-likeness (QED) is 0.874. The number of hydrogen-bond acceptors (Lipinski definition) is 4. The Morgan fingerprint density at radius 1 is 1.44 bits per heavy atom. The highest BCUT2D eigenvalue weighted by Gasteiger charge is 2.13. The largest absolute Gasteiger partial charge is 0.481 e. The molecule has 1 aromatic heterocycles. The lowest BCUT2D eigenvalue weighted by atomic mass is 10.0. The Hall–Kier alpha value is -0.900. The van der Waals surface area contributed by atoms with E-state index in [2.05, 4.69) is 22.1 Å². The topological polar surface area (TPSA) is 34.1 Å². The van der Waals surface area contributed by atoms with Gasteiger partial charge >= 0.3 is 0 Å². The van der Waals surface area contributed by atoms with E-state index in [9.17, 15) is 0 Å². The van der Waals surface area contributed by atoms with E-state index in [1.165, 1.54) is 24.3 Å². The van der Waals surface area contributed by atoms with Crippen LogP contribution in [0.1, 0.15) is 12.8 Å². The van der Waals surface area contributed by atoms with Crippen LogP contribution >= 0.6 is 11.8 Å². The van der Waals surface area contributed by atoms with E-state index in [0.29, 0.717) is 5.88 Å². The second kappa shape index (κ2) is 5.99. The maximum absolute atomic E-state index is 5.09. The average Bonchev–Trinajstić information content (AvgIpc) is 2.38. The van der Waals surface area contributed by atoms with Gasteiger partial charge in [0.1, 0.15) is 5.82 Å². The van der Waals surface area contributed by atoms with Gasteiger partial charge in [0.2, 0.25) is 5.88 Å². The first kappa shape index (κ1) is 11.6. The zero-order chi connectivity index (χ0) is 11.2. The smallest absolute Gasteiger partial charge is 0.214 e. The minimum Gasteiger partial charge on any atom is -0.481 e. The molecule has 3 nitrogen and oxygen atoms in total. The molecule has 2 rings (SSSR count). The van der Waals surface area contributed by atoms with Crippen LogP contribution in [0.5, 0.6) is 5.88 Å². The van der Waals surface area contributed by atoms with Gasteiger partial charge in [0.05, 0.1) is 7.11 Å². The third-order valence-electron chi connectivity index (χ3n) is 2.85. The molecule has 0 amide bonds. The van der Waals surface area contributed by atoms with E-state index in [0.717, 1.165) is 18.3 Å². The van der Waals surface area contributed by atoms with Crippen molar-refractivity contribution in [2.45, 2.75) is 12.8 Å². The number of ether oxygens (including phenoxy) is 1. The van der Waals surface area contributed by atoms with Crippen LogP contribution in [0, 0.1) is 5.92 Å². The van der Waals surface area contributed by atoms with Crippen LogP contribution in [-0.4, -0.2) is 30.1 Å². The number of pyridine rings is 1. The van der Waals surface area contributed by atoms with Gasteiger partial charge < -0.3 is 10.1 Å². The van der Waals surface area contributed by atoms with Crippen molar-refractivity contribution in [2.24, 2.45) is 5.92 Å². The second-order valence-corrected chi connectivity index (χ2v) is 5.23. The van der Waals surface area contributed by atoms with Crippen molar-refractivity contribution in [2.75, 3.05) is 30.5 Å². The normalized spacial score (nSPS) is 17.1. The lowest BCUT2D eigenvalue weighted by Gasteiger charge is -2.21. The van der Waals surface area contributed by atoms with Gasteiger partial charge in [0.15, 0.2) is 0 Å². The molecule has 0 aromatic carbocycles. The van der Waals surface area contributed by atoms with E-state index in [-0.39, 0.29) is 0 Å². The van der Waals surface area contributed by atoms with Crippen LogP contribution in [0.4, 0.5) is 5.82 Å². The van der Waals surface area contributed by atoms with Crippen molar-refractivity contribution in [3.05, 3.63) is 18.2 Å². The summed E-state index contributed by atoms with van der Waals surface area (Å²) in [6.07, 6.45) is 2.64. The highest BCUT2D eigenvalue weighted by molar-refractivity contribution is 7.99. The molecule has 0 atom stereocenters. The molecule has 1 aromatic rings. The number of aromatic nitrogens is 1. The fraction of sp³-hybridized carbons (Fsp3) is 0.583. The summed E-state index contributed by atoms with van der Waals surface area (Å²) in [7, 11) is 1.64. The Labute approximate surface area is 101 Å². The average molecular weight is 238 g/mol. The monoisotopic (exact) mass is 238 g/mol. The number of hydrogen-bond donors (Lipinski definition) is 1. The Bertz CT molecular complexity index is 327. The summed E-state index contributed by atoms with van der Waals surface area (Å²) in [5, 5.41) is 3.39. The Morgan fingerprint density at radius 2 is 2.25 bits per heavy atom. The molecule has 1 N–H and O–H groups in total. The van der Waals surface area contributed by atoms with E-state index in [4.69, 9.17) is 4.74 Å². The lowest BCUT2D eigenvalue weighted by molar-refractivity contribution is 0.398. The van der Waals surface area contributed by atoms with Gasteiger partial charge in [-0.05, 0) is 36.3 Å². The molecule has 0 saturated carbocycles. The van der Waals surface area contributed by atoms with Crippen LogP contribution in [0.15, 0.2) is 18.2 Å². The first-order valence-corrected chi connectivity index (χ1v) is 6.86.